The van der Waals surface area contributed by atoms with Crippen molar-refractivity contribution in [3.63, 3.8) is 0 Å². The Morgan fingerprint density at radius 3 is 2.75 bits per heavy atom. The van der Waals surface area contributed by atoms with E-state index in [-0.39, 0.29) is 23.7 Å². The standard InChI is InChI=1S/C19H16N6O3/c1-4-13-10-15(17(21-12(13)3)19(27)28-5-2)22-18(26)14-6-7-16(24-23-14)25-9-8-20-11-25/h1,6-11H,5H2,2-3H3,(H,22,26). The molecule has 3 heterocycles. The van der Waals surface area contributed by atoms with Crippen LogP contribution in [0.15, 0.2) is 36.9 Å². The summed E-state index contributed by atoms with van der Waals surface area (Å²) in [4.78, 5) is 32.9. The molecular formula is C19H16N6O3. The smallest absolute Gasteiger partial charge is 0.359 e. The summed E-state index contributed by atoms with van der Waals surface area (Å²) >= 11 is 0. The Kier molecular flexibility index (Phi) is 5.41. The van der Waals surface area contributed by atoms with Gasteiger partial charge in [-0.1, -0.05) is 5.92 Å². The largest absolute Gasteiger partial charge is 0.461 e. The Morgan fingerprint density at radius 2 is 2.14 bits per heavy atom. The van der Waals surface area contributed by atoms with Crippen molar-refractivity contribution >= 4 is 17.6 Å². The van der Waals surface area contributed by atoms with Crippen LogP contribution in [0.1, 0.15) is 39.2 Å². The second-order valence-electron chi connectivity index (χ2n) is 5.58. The molecule has 0 fully saturated rings. The highest BCUT2D eigenvalue weighted by Crippen LogP contribution is 2.20. The zero-order valence-corrected chi connectivity index (χ0v) is 15.2. The molecule has 3 aromatic heterocycles. The van der Waals surface area contributed by atoms with Gasteiger partial charge in [0.1, 0.15) is 6.33 Å². The number of imidazole rings is 1. The van der Waals surface area contributed by atoms with Gasteiger partial charge in [-0.05, 0) is 32.0 Å². The molecular weight excluding hydrogens is 360 g/mol. The monoisotopic (exact) mass is 376 g/mol. The van der Waals surface area contributed by atoms with Crippen LogP contribution in [0.3, 0.4) is 0 Å². The fourth-order valence-corrected chi connectivity index (χ4v) is 2.37. The number of pyridine rings is 1. The number of aryl methyl sites for hydroxylation is 1. The third-order valence-electron chi connectivity index (χ3n) is 3.74. The Bertz CT molecular complexity index is 1050. The molecule has 0 bridgehead atoms. The average molecular weight is 376 g/mol. The molecule has 9 heteroatoms. The zero-order valence-electron chi connectivity index (χ0n) is 15.2. The van der Waals surface area contributed by atoms with Crippen molar-refractivity contribution in [2.24, 2.45) is 0 Å². The minimum absolute atomic E-state index is 0.0327. The molecule has 0 radical (unpaired) electrons. The first-order chi connectivity index (χ1) is 13.5. The lowest BCUT2D eigenvalue weighted by Crippen LogP contribution is -2.19. The van der Waals surface area contributed by atoms with Crippen molar-refractivity contribution < 1.29 is 14.3 Å². The van der Waals surface area contributed by atoms with E-state index in [1.165, 1.54) is 12.1 Å². The van der Waals surface area contributed by atoms with Gasteiger partial charge in [0, 0.05) is 18.0 Å². The van der Waals surface area contributed by atoms with E-state index < -0.39 is 11.9 Å². The van der Waals surface area contributed by atoms with Crippen LogP contribution in [0, 0.1) is 19.3 Å². The van der Waals surface area contributed by atoms with E-state index in [1.807, 2.05) is 0 Å². The summed E-state index contributed by atoms with van der Waals surface area (Å²) in [6, 6.07) is 4.63. The number of ether oxygens (including phenoxy) is 1. The Hall–Kier alpha value is -4.06. The lowest BCUT2D eigenvalue weighted by molar-refractivity contribution is 0.0520. The summed E-state index contributed by atoms with van der Waals surface area (Å²) < 4.78 is 6.65. The van der Waals surface area contributed by atoms with Crippen molar-refractivity contribution in [1.82, 2.24) is 24.7 Å². The van der Waals surface area contributed by atoms with Crippen LogP contribution in [-0.4, -0.2) is 43.2 Å². The maximum atomic E-state index is 12.6. The molecule has 0 aromatic carbocycles. The summed E-state index contributed by atoms with van der Waals surface area (Å²) in [6.07, 6.45) is 10.3. The number of rotatable bonds is 5. The summed E-state index contributed by atoms with van der Waals surface area (Å²) in [5.74, 6) is 1.75. The fraction of sp³-hybridized carbons (Fsp3) is 0.158. The average Bonchev–Trinajstić information content (AvgIpc) is 3.24. The molecule has 0 unspecified atom stereocenters. The number of aromatic nitrogens is 5. The summed E-state index contributed by atoms with van der Waals surface area (Å²) in [5.41, 5.74) is 1.09. The third-order valence-corrected chi connectivity index (χ3v) is 3.74. The van der Waals surface area contributed by atoms with Gasteiger partial charge >= 0.3 is 5.97 Å². The second kappa shape index (κ2) is 8.09. The molecule has 1 amide bonds. The maximum Gasteiger partial charge on any atom is 0.359 e. The zero-order chi connectivity index (χ0) is 20.1. The van der Waals surface area contributed by atoms with Crippen molar-refractivity contribution in [3.8, 4) is 18.2 Å². The molecule has 0 atom stereocenters. The Labute approximate surface area is 160 Å². The molecule has 1 N–H and O–H groups in total. The van der Waals surface area contributed by atoms with Gasteiger partial charge in [-0.25, -0.2) is 14.8 Å². The lowest BCUT2D eigenvalue weighted by Gasteiger charge is -2.12. The van der Waals surface area contributed by atoms with Gasteiger partial charge in [0.2, 0.25) is 0 Å². The summed E-state index contributed by atoms with van der Waals surface area (Å²) in [6.45, 7) is 3.52. The van der Waals surface area contributed by atoms with Gasteiger partial charge in [0.25, 0.3) is 5.91 Å². The van der Waals surface area contributed by atoms with Crippen LogP contribution < -0.4 is 5.32 Å². The predicted molar refractivity (Wildman–Crippen MR) is 100.0 cm³/mol. The highest BCUT2D eigenvalue weighted by molar-refractivity contribution is 6.06. The van der Waals surface area contributed by atoms with Gasteiger partial charge in [-0.2, -0.15) is 0 Å². The van der Waals surface area contributed by atoms with E-state index in [4.69, 9.17) is 11.2 Å². The number of amides is 1. The molecule has 140 valence electrons. The first-order valence-corrected chi connectivity index (χ1v) is 8.32. The fourth-order valence-electron chi connectivity index (χ4n) is 2.37. The Balaban J connectivity index is 1.88. The molecule has 9 nitrogen and oxygen atoms in total. The van der Waals surface area contributed by atoms with Gasteiger partial charge < -0.3 is 10.1 Å². The molecule has 0 aliphatic heterocycles. The molecule has 0 aliphatic rings. The van der Waals surface area contributed by atoms with Crippen molar-refractivity contribution in [3.05, 3.63) is 59.6 Å². The SMILES string of the molecule is C#Cc1cc(NC(=O)c2ccc(-n3ccnc3)nn2)c(C(=O)OCC)nc1C. The van der Waals surface area contributed by atoms with Gasteiger partial charge in [0.05, 0.1) is 18.0 Å². The van der Waals surface area contributed by atoms with Crippen molar-refractivity contribution in [1.29, 1.82) is 0 Å². The second-order valence-corrected chi connectivity index (χ2v) is 5.58. The van der Waals surface area contributed by atoms with Crippen LogP contribution in [0.4, 0.5) is 5.69 Å². The highest BCUT2D eigenvalue weighted by atomic mass is 16.5. The number of nitrogens with zero attached hydrogens (tertiary/aromatic N) is 5. The van der Waals surface area contributed by atoms with Gasteiger partial charge in [-0.3, -0.25) is 9.36 Å². The number of nitrogens with one attached hydrogen (secondary N) is 1. The molecule has 0 aliphatic carbocycles. The minimum atomic E-state index is -0.661. The predicted octanol–water partition coefficient (Wildman–Crippen LogP) is 1.78. The third kappa shape index (κ3) is 3.86. The van der Waals surface area contributed by atoms with Crippen LogP contribution >= 0.6 is 0 Å². The molecule has 28 heavy (non-hydrogen) atoms. The van der Waals surface area contributed by atoms with E-state index in [2.05, 4.69) is 31.4 Å². The van der Waals surface area contributed by atoms with Crippen molar-refractivity contribution in [2.45, 2.75) is 13.8 Å². The van der Waals surface area contributed by atoms with E-state index in [9.17, 15) is 9.59 Å². The number of carbonyl (C=O) groups is 2. The summed E-state index contributed by atoms with van der Waals surface area (Å²) in [5, 5.41) is 10.5. The molecule has 3 rings (SSSR count). The molecule has 0 saturated heterocycles. The number of terminal acetylenes is 1. The van der Waals surface area contributed by atoms with Crippen molar-refractivity contribution in [2.75, 3.05) is 11.9 Å². The molecule has 0 spiro atoms. The van der Waals surface area contributed by atoms with E-state index in [0.29, 0.717) is 17.1 Å². The summed E-state index contributed by atoms with van der Waals surface area (Å²) in [7, 11) is 0. The maximum absolute atomic E-state index is 12.6. The lowest BCUT2D eigenvalue weighted by atomic mass is 10.1. The molecule has 0 saturated carbocycles. The number of hydrogen-bond donors (Lipinski definition) is 1. The number of anilines is 1. The van der Waals surface area contributed by atoms with Gasteiger partial charge in [0.15, 0.2) is 17.2 Å². The minimum Gasteiger partial charge on any atom is -0.461 e. The topological polar surface area (TPSA) is 112 Å². The number of hydrogen-bond acceptors (Lipinski definition) is 7. The number of carbonyl (C=O) groups excluding carboxylic acids is 2. The van der Waals surface area contributed by atoms with Gasteiger partial charge in [-0.15, -0.1) is 16.6 Å². The van der Waals surface area contributed by atoms with E-state index >= 15 is 0 Å². The number of esters is 1. The van der Waals surface area contributed by atoms with Crippen LogP contribution in [0.5, 0.6) is 0 Å². The van der Waals surface area contributed by atoms with Crippen LogP contribution in [-0.2, 0) is 4.74 Å². The first kappa shape index (κ1) is 18.7. The Morgan fingerprint density at radius 1 is 1.32 bits per heavy atom. The highest BCUT2D eigenvalue weighted by Gasteiger charge is 2.20. The van der Waals surface area contributed by atoms with E-state index in [0.717, 1.165) is 0 Å². The first-order valence-electron chi connectivity index (χ1n) is 8.32. The van der Waals surface area contributed by atoms with Crippen LogP contribution in [0.2, 0.25) is 0 Å². The van der Waals surface area contributed by atoms with E-state index in [1.54, 1.807) is 43.2 Å². The van der Waals surface area contributed by atoms with Crippen LogP contribution in [0.25, 0.3) is 5.82 Å². The normalized spacial score (nSPS) is 10.2. The molecule has 3 aromatic rings. The quantitative estimate of drug-likeness (QED) is 0.533.